The number of hydrogen-bond acceptors (Lipinski definition) is 4. The summed E-state index contributed by atoms with van der Waals surface area (Å²) in [5, 5.41) is 8.42. The van der Waals surface area contributed by atoms with Gasteiger partial charge in [0.05, 0.1) is 12.5 Å². The van der Waals surface area contributed by atoms with Gasteiger partial charge in [0.1, 0.15) is 11.3 Å². The number of rotatable bonds is 5. The molecule has 0 spiro atoms. The van der Waals surface area contributed by atoms with Crippen LogP contribution in [-0.4, -0.2) is 18.2 Å². The smallest absolute Gasteiger partial charge is 0.251 e. The quantitative estimate of drug-likeness (QED) is 0.514. The number of methoxy groups -OCH3 is 1. The first-order valence-corrected chi connectivity index (χ1v) is 9.09. The monoisotopic (exact) mass is 392 g/mol. The molecule has 5 nitrogen and oxygen atoms in total. The van der Waals surface area contributed by atoms with E-state index in [1.807, 2.05) is 36.4 Å². The Morgan fingerprint density at radius 1 is 1.11 bits per heavy atom. The maximum absolute atomic E-state index is 12.7. The number of carbonyl (C=O) groups is 1. The summed E-state index contributed by atoms with van der Waals surface area (Å²) in [6.07, 6.45) is 0. The number of para-hydroxylation sites is 1. The average Bonchev–Trinajstić information content (AvgIpc) is 3.16. The SMILES string of the molecule is COc1ccccc1CNC(=O)c1ccc2noc(-c3ccc(Cl)cc3)c2c1. The first-order chi connectivity index (χ1) is 13.7. The third-order valence-corrected chi connectivity index (χ3v) is 4.73. The van der Waals surface area contributed by atoms with Crippen molar-refractivity contribution < 1.29 is 14.1 Å². The van der Waals surface area contributed by atoms with Gasteiger partial charge in [-0.3, -0.25) is 4.79 Å². The van der Waals surface area contributed by atoms with E-state index >= 15 is 0 Å². The molecule has 4 aromatic rings. The van der Waals surface area contributed by atoms with Gasteiger partial charge >= 0.3 is 0 Å². The van der Waals surface area contributed by atoms with Gasteiger partial charge in [-0.2, -0.15) is 0 Å². The van der Waals surface area contributed by atoms with E-state index in [-0.39, 0.29) is 5.91 Å². The van der Waals surface area contributed by atoms with Gasteiger partial charge in [0.25, 0.3) is 5.91 Å². The van der Waals surface area contributed by atoms with Gasteiger partial charge in [0, 0.05) is 28.3 Å². The first-order valence-electron chi connectivity index (χ1n) is 8.71. The van der Waals surface area contributed by atoms with Crippen molar-refractivity contribution in [2.45, 2.75) is 6.54 Å². The summed E-state index contributed by atoms with van der Waals surface area (Å²) in [6.45, 7) is 0.370. The summed E-state index contributed by atoms with van der Waals surface area (Å²) < 4.78 is 10.8. The Bertz CT molecular complexity index is 1140. The lowest BCUT2D eigenvalue weighted by Gasteiger charge is -2.09. The molecule has 0 aliphatic heterocycles. The molecule has 3 aromatic carbocycles. The minimum atomic E-state index is -0.184. The second-order valence-corrected chi connectivity index (χ2v) is 6.68. The Kier molecular flexibility index (Phi) is 5.00. The van der Waals surface area contributed by atoms with Crippen LogP contribution in [0.15, 0.2) is 71.3 Å². The van der Waals surface area contributed by atoms with Gasteiger partial charge in [-0.15, -0.1) is 0 Å². The topological polar surface area (TPSA) is 64.4 Å². The lowest BCUT2D eigenvalue weighted by atomic mass is 10.1. The number of halogens is 1. The molecule has 0 saturated heterocycles. The zero-order valence-corrected chi connectivity index (χ0v) is 15.9. The fraction of sp³-hybridized carbons (Fsp3) is 0.0909. The van der Waals surface area contributed by atoms with Crippen LogP contribution >= 0.6 is 11.6 Å². The maximum atomic E-state index is 12.7. The van der Waals surface area contributed by atoms with Gasteiger partial charge in [-0.1, -0.05) is 35.0 Å². The first kappa shape index (κ1) is 18.1. The molecule has 0 unspecified atom stereocenters. The number of benzene rings is 3. The van der Waals surface area contributed by atoms with Crippen molar-refractivity contribution in [3.63, 3.8) is 0 Å². The van der Waals surface area contributed by atoms with E-state index in [1.165, 1.54) is 0 Å². The summed E-state index contributed by atoms with van der Waals surface area (Å²) >= 11 is 5.96. The molecule has 0 radical (unpaired) electrons. The molecule has 0 saturated carbocycles. The molecule has 1 aromatic heterocycles. The van der Waals surface area contributed by atoms with Gasteiger partial charge in [-0.05, 0) is 48.5 Å². The zero-order chi connectivity index (χ0) is 19.5. The largest absolute Gasteiger partial charge is 0.496 e. The molecular formula is C22H17ClN2O3. The Labute approximate surface area is 166 Å². The van der Waals surface area contributed by atoms with Crippen molar-refractivity contribution in [1.82, 2.24) is 10.5 Å². The number of nitrogens with one attached hydrogen (secondary N) is 1. The van der Waals surface area contributed by atoms with E-state index < -0.39 is 0 Å². The molecule has 140 valence electrons. The highest BCUT2D eigenvalue weighted by Crippen LogP contribution is 2.30. The average molecular weight is 393 g/mol. The van der Waals surface area contributed by atoms with Crippen molar-refractivity contribution in [3.05, 3.63) is 82.9 Å². The fourth-order valence-corrected chi connectivity index (χ4v) is 3.14. The molecule has 0 fully saturated rings. The van der Waals surface area contributed by atoms with Crippen molar-refractivity contribution >= 4 is 28.4 Å². The maximum Gasteiger partial charge on any atom is 0.251 e. The van der Waals surface area contributed by atoms with Gasteiger partial charge in [-0.25, -0.2) is 0 Å². The summed E-state index contributed by atoms with van der Waals surface area (Å²) in [7, 11) is 1.61. The molecule has 28 heavy (non-hydrogen) atoms. The summed E-state index contributed by atoms with van der Waals surface area (Å²) in [5.74, 6) is 1.16. The summed E-state index contributed by atoms with van der Waals surface area (Å²) in [5.41, 5.74) is 2.97. The van der Waals surface area contributed by atoms with Crippen LogP contribution in [0.3, 0.4) is 0 Å². The van der Waals surface area contributed by atoms with Gasteiger partial charge < -0.3 is 14.6 Å². The normalized spacial score (nSPS) is 10.8. The van der Waals surface area contributed by atoms with E-state index in [2.05, 4.69) is 10.5 Å². The molecule has 0 aliphatic carbocycles. The van der Waals surface area contributed by atoms with E-state index in [0.29, 0.717) is 28.4 Å². The number of nitrogens with zero attached hydrogens (tertiary/aromatic N) is 1. The number of amides is 1. The standard InChI is InChI=1S/C22H17ClN2O3/c1-27-20-5-3-2-4-16(20)13-24-22(26)15-8-11-19-18(12-15)21(28-25-19)14-6-9-17(23)10-7-14/h2-12H,13H2,1H3,(H,24,26). The van der Waals surface area contributed by atoms with Crippen LogP contribution in [0.4, 0.5) is 0 Å². The van der Waals surface area contributed by atoms with Crippen LogP contribution in [0.25, 0.3) is 22.2 Å². The highest BCUT2D eigenvalue weighted by Gasteiger charge is 2.14. The minimum absolute atomic E-state index is 0.184. The Morgan fingerprint density at radius 3 is 2.68 bits per heavy atom. The third kappa shape index (κ3) is 3.57. The van der Waals surface area contributed by atoms with Crippen LogP contribution in [0.1, 0.15) is 15.9 Å². The second-order valence-electron chi connectivity index (χ2n) is 6.25. The van der Waals surface area contributed by atoms with Crippen LogP contribution in [0.2, 0.25) is 5.02 Å². The molecule has 0 atom stereocenters. The molecule has 6 heteroatoms. The molecule has 1 amide bonds. The highest BCUT2D eigenvalue weighted by molar-refractivity contribution is 6.30. The highest BCUT2D eigenvalue weighted by atomic mass is 35.5. The van der Waals surface area contributed by atoms with E-state index in [1.54, 1.807) is 37.4 Å². The molecule has 1 N–H and O–H groups in total. The van der Waals surface area contributed by atoms with Crippen LogP contribution in [0.5, 0.6) is 5.75 Å². The fourth-order valence-electron chi connectivity index (χ4n) is 3.02. The predicted octanol–water partition coefficient (Wildman–Crippen LogP) is 5.09. The summed E-state index contributed by atoms with van der Waals surface area (Å²) in [4.78, 5) is 12.7. The molecule has 0 bridgehead atoms. The Balaban J connectivity index is 1.59. The van der Waals surface area contributed by atoms with Gasteiger partial charge in [0.15, 0.2) is 5.76 Å². The predicted molar refractivity (Wildman–Crippen MR) is 109 cm³/mol. The Morgan fingerprint density at radius 2 is 1.89 bits per heavy atom. The van der Waals surface area contributed by atoms with Crippen molar-refractivity contribution in [3.8, 4) is 17.1 Å². The minimum Gasteiger partial charge on any atom is -0.496 e. The molecular weight excluding hydrogens is 376 g/mol. The van der Waals surface area contributed by atoms with Crippen molar-refractivity contribution in [1.29, 1.82) is 0 Å². The number of ether oxygens (including phenoxy) is 1. The van der Waals surface area contributed by atoms with E-state index in [0.717, 1.165) is 22.3 Å². The number of hydrogen-bond donors (Lipinski definition) is 1. The van der Waals surface area contributed by atoms with Crippen LogP contribution < -0.4 is 10.1 Å². The number of carbonyl (C=O) groups excluding carboxylic acids is 1. The van der Waals surface area contributed by atoms with E-state index in [4.69, 9.17) is 20.9 Å². The lowest BCUT2D eigenvalue weighted by Crippen LogP contribution is -2.23. The number of fused-ring (bicyclic) bond motifs is 1. The van der Waals surface area contributed by atoms with Crippen LogP contribution in [0, 0.1) is 0 Å². The summed E-state index contributed by atoms with van der Waals surface area (Å²) in [6, 6.07) is 20.2. The van der Waals surface area contributed by atoms with Crippen LogP contribution in [-0.2, 0) is 6.54 Å². The molecule has 0 aliphatic rings. The zero-order valence-electron chi connectivity index (χ0n) is 15.1. The van der Waals surface area contributed by atoms with Crippen molar-refractivity contribution in [2.24, 2.45) is 0 Å². The van der Waals surface area contributed by atoms with Crippen molar-refractivity contribution in [2.75, 3.05) is 7.11 Å². The second kappa shape index (κ2) is 7.74. The molecule has 4 rings (SSSR count). The molecule has 1 heterocycles. The van der Waals surface area contributed by atoms with Gasteiger partial charge in [0.2, 0.25) is 0 Å². The van der Waals surface area contributed by atoms with E-state index in [9.17, 15) is 4.79 Å². The Hall–Kier alpha value is -3.31. The number of aromatic nitrogens is 1. The lowest BCUT2D eigenvalue weighted by molar-refractivity contribution is 0.0951. The third-order valence-electron chi connectivity index (χ3n) is 4.48.